The first kappa shape index (κ1) is 9.38. The Hall–Kier alpha value is -0.710. The minimum Gasteiger partial charge on any atom is -0.264 e. The van der Waals surface area contributed by atoms with Crippen LogP contribution in [0.3, 0.4) is 0 Å². The number of allylic oxidation sites excluding steroid dienone is 2. The Morgan fingerprint density at radius 2 is 2.50 bits per heavy atom. The Bertz CT molecular complexity index is 264. The summed E-state index contributed by atoms with van der Waals surface area (Å²) in [5.74, 6) is -0.544. The van der Waals surface area contributed by atoms with Gasteiger partial charge in [0.15, 0.2) is 0 Å². The maximum atomic E-state index is 12.7. The first-order chi connectivity index (χ1) is 5.60. The molecule has 0 aromatic carbocycles. The van der Waals surface area contributed by atoms with Gasteiger partial charge in [-0.3, -0.25) is 10.1 Å². The maximum Gasteiger partial charge on any atom is 0.256 e. The standard InChI is InChI=1S/C7H7BrFNO2/c8-5-7(10(11)12)3-1-2-6(9)4-7/h1-2,4H,3,5H2. The largest absolute Gasteiger partial charge is 0.264 e. The minimum atomic E-state index is -1.29. The molecule has 0 radical (unpaired) electrons. The number of halogens is 2. The molecule has 0 heterocycles. The summed E-state index contributed by atoms with van der Waals surface area (Å²) in [6.45, 7) is 0. The highest BCUT2D eigenvalue weighted by Crippen LogP contribution is 2.27. The first-order valence-electron chi connectivity index (χ1n) is 3.36. The molecule has 0 saturated heterocycles. The quantitative estimate of drug-likeness (QED) is 0.419. The average Bonchev–Trinajstić information content (AvgIpc) is 2.04. The maximum absolute atomic E-state index is 12.7. The zero-order chi connectivity index (χ0) is 9.19. The number of rotatable bonds is 2. The van der Waals surface area contributed by atoms with Crippen LogP contribution in [0.4, 0.5) is 4.39 Å². The van der Waals surface area contributed by atoms with Gasteiger partial charge in [-0.2, -0.15) is 0 Å². The summed E-state index contributed by atoms with van der Waals surface area (Å²) < 4.78 is 12.7. The van der Waals surface area contributed by atoms with Crippen molar-refractivity contribution in [3.05, 3.63) is 34.2 Å². The molecule has 0 spiro atoms. The van der Waals surface area contributed by atoms with Crippen molar-refractivity contribution in [3.8, 4) is 0 Å². The molecule has 0 amide bonds. The molecule has 0 fully saturated rings. The monoisotopic (exact) mass is 235 g/mol. The van der Waals surface area contributed by atoms with E-state index in [9.17, 15) is 14.5 Å². The minimum absolute atomic E-state index is 0.130. The van der Waals surface area contributed by atoms with E-state index in [4.69, 9.17) is 0 Å². The highest BCUT2D eigenvalue weighted by Gasteiger charge is 2.40. The second kappa shape index (κ2) is 3.35. The predicted octanol–water partition coefficient (Wildman–Crippen LogP) is 2.21. The van der Waals surface area contributed by atoms with Crippen LogP contribution in [-0.2, 0) is 0 Å². The summed E-state index contributed by atoms with van der Waals surface area (Å²) in [4.78, 5) is 10.1. The molecule has 66 valence electrons. The van der Waals surface area contributed by atoms with Crippen molar-refractivity contribution in [2.75, 3.05) is 5.33 Å². The van der Waals surface area contributed by atoms with Gasteiger partial charge in [0.25, 0.3) is 5.54 Å². The van der Waals surface area contributed by atoms with E-state index in [1.54, 1.807) is 0 Å². The Labute approximate surface area is 77.2 Å². The lowest BCUT2D eigenvalue weighted by molar-refractivity contribution is -0.547. The third kappa shape index (κ3) is 1.55. The summed E-state index contributed by atoms with van der Waals surface area (Å²) in [6, 6.07) is 0. The number of hydrogen-bond acceptors (Lipinski definition) is 2. The zero-order valence-corrected chi connectivity index (χ0v) is 7.75. The summed E-state index contributed by atoms with van der Waals surface area (Å²) in [6.07, 6.45) is 3.99. The van der Waals surface area contributed by atoms with Crippen LogP contribution in [0, 0.1) is 10.1 Å². The molecular weight excluding hydrogens is 229 g/mol. The van der Waals surface area contributed by atoms with Crippen LogP contribution < -0.4 is 0 Å². The van der Waals surface area contributed by atoms with Crippen LogP contribution in [0.5, 0.6) is 0 Å². The topological polar surface area (TPSA) is 43.1 Å². The van der Waals surface area contributed by atoms with E-state index >= 15 is 0 Å². The molecule has 0 saturated carbocycles. The Morgan fingerprint density at radius 1 is 1.83 bits per heavy atom. The molecule has 5 heteroatoms. The van der Waals surface area contributed by atoms with E-state index in [1.807, 2.05) is 0 Å². The molecule has 0 N–H and O–H groups in total. The number of alkyl halides is 1. The van der Waals surface area contributed by atoms with E-state index < -0.39 is 16.3 Å². The van der Waals surface area contributed by atoms with Crippen LogP contribution in [0.25, 0.3) is 0 Å². The van der Waals surface area contributed by atoms with Gasteiger partial charge in [-0.25, -0.2) is 4.39 Å². The summed E-state index contributed by atoms with van der Waals surface area (Å²) in [5.41, 5.74) is -1.29. The Morgan fingerprint density at radius 3 is 2.83 bits per heavy atom. The van der Waals surface area contributed by atoms with E-state index in [1.165, 1.54) is 12.2 Å². The van der Waals surface area contributed by atoms with Crippen molar-refractivity contribution in [1.29, 1.82) is 0 Å². The van der Waals surface area contributed by atoms with Crippen LogP contribution >= 0.6 is 15.9 Å². The third-order valence-corrected chi connectivity index (χ3v) is 2.72. The lowest BCUT2D eigenvalue weighted by atomic mass is 9.94. The van der Waals surface area contributed by atoms with Crippen LogP contribution in [0.1, 0.15) is 6.42 Å². The van der Waals surface area contributed by atoms with Crippen LogP contribution in [0.15, 0.2) is 24.1 Å². The SMILES string of the molecule is O=[N+]([O-])C1(CBr)C=C(F)C=CC1. The lowest BCUT2D eigenvalue weighted by Crippen LogP contribution is -2.38. The van der Waals surface area contributed by atoms with Gasteiger partial charge in [-0.05, 0) is 6.08 Å². The normalized spacial score (nSPS) is 28.3. The van der Waals surface area contributed by atoms with Gasteiger partial charge < -0.3 is 0 Å². The highest BCUT2D eigenvalue weighted by molar-refractivity contribution is 9.09. The summed E-state index contributed by atoms with van der Waals surface area (Å²) in [7, 11) is 0. The molecule has 0 bridgehead atoms. The van der Waals surface area contributed by atoms with Crippen molar-refractivity contribution in [2.45, 2.75) is 12.0 Å². The van der Waals surface area contributed by atoms with Crippen molar-refractivity contribution in [2.24, 2.45) is 0 Å². The van der Waals surface area contributed by atoms with Gasteiger partial charge in [0.1, 0.15) is 5.83 Å². The molecule has 0 aliphatic heterocycles. The second-order valence-corrected chi connectivity index (χ2v) is 3.19. The third-order valence-electron chi connectivity index (χ3n) is 1.75. The molecule has 1 unspecified atom stereocenters. The van der Waals surface area contributed by atoms with Crippen molar-refractivity contribution >= 4 is 15.9 Å². The lowest BCUT2D eigenvalue weighted by Gasteiger charge is -2.19. The fourth-order valence-electron chi connectivity index (χ4n) is 1.01. The van der Waals surface area contributed by atoms with E-state index in [0.717, 1.165) is 6.08 Å². The predicted molar refractivity (Wildman–Crippen MR) is 46.5 cm³/mol. The second-order valence-electron chi connectivity index (χ2n) is 2.63. The Kier molecular flexibility index (Phi) is 2.62. The molecule has 1 aliphatic carbocycles. The van der Waals surface area contributed by atoms with Crippen molar-refractivity contribution in [3.63, 3.8) is 0 Å². The number of nitro groups is 1. The molecule has 3 nitrogen and oxygen atoms in total. The van der Waals surface area contributed by atoms with Crippen molar-refractivity contribution in [1.82, 2.24) is 0 Å². The molecule has 1 atom stereocenters. The fourth-order valence-corrected chi connectivity index (χ4v) is 1.60. The summed E-state index contributed by atoms with van der Waals surface area (Å²) >= 11 is 3.01. The van der Waals surface area contributed by atoms with Crippen LogP contribution in [-0.4, -0.2) is 15.8 Å². The smallest absolute Gasteiger partial charge is 0.256 e. The number of nitrogens with zero attached hydrogens (tertiary/aromatic N) is 1. The van der Waals surface area contributed by atoms with Gasteiger partial charge in [-0.15, -0.1) is 0 Å². The molecular formula is C7H7BrFNO2. The molecule has 1 aliphatic rings. The van der Waals surface area contributed by atoms with E-state index in [-0.39, 0.29) is 11.8 Å². The van der Waals surface area contributed by atoms with Crippen LogP contribution in [0.2, 0.25) is 0 Å². The molecule has 0 aromatic heterocycles. The molecule has 1 rings (SSSR count). The number of hydrogen-bond donors (Lipinski definition) is 0. The van der Waals surface area contributed by atoms with E-state index in [2.05, 4.69) is 15.9 Å². The Balaban J connectivity index is 2.97. The highest BCUT2D eigenvalue weighted by atomic mass is 79.9. The van der Waals surface area contributed by atoms with Gasteiger partial charge in [0.2, 0.25) is 0 Å². The average molecular weight is 236 g/mol. The first-order valence-corrected chi connectivity index (χ1v) is 4.48. The van der Waals surface area contributed by atoms with Crippen molar-refractivity contribution < 1.29 is 9.31 Å². The van der Waals surface area contributed by atoms with E-state index in [0.29, 0.717) is 0 Å². The fraction of sp³-hybridized carbons (Fsp3) is 0.429. The molecule has 0 aromatic rings. The van der Waals surface area contributed by atoms with Gasteiger partial charge in [0, 0.05) is 17.4 Å². The summed E-state index contributed by atoms with van der Waals surface area (Å²) in [5, 5.41) is 10.7. The van der Waals surface area contributed by atoms with Gasteiger partial charge in [0.05, 0.1) is 5.33 Å². The molecule has 12 heavy (non-hydrogen) atoms. The van der Waals surface area contributed by atoms with Gasteiger partial charge >= 0.3 is 0 Å². The van der Waals surface area contributed by atoms with Gasteiger partial charge in [-0.1, -0.05) is 22.0 Å². The zero-order valence-electron chi connectivity index (χ0n) is 6.17.